The van der Waals surface area contributed by atoms with Crippen LogP contribution < -0.4 is 11.1 Å². The van der Waals surface area contributed by atoms with Gasteiger partial charge in [-0.2, -0.15) is 0 Å². The Balaban J connectivity index is 2.65. The molecule has 0 aliphatic rings. The number of rotatable bonds is 5. The van der Waals surface area contributed by atoms with Gasteiger partial charge >= 0.3 is 0 Å². The van der Waals surface area contributed by atoms with Crippen LogP contribution in [0, 0.1) is 0 Å². The van der Waals surface area contributed by atoms with E-state index < -0.39 is 0 Å². The molecule has 0 fully saturated rings. The lowest BCUT2D eigenvalue weighted by atomic mass is 10.2. The smallest absolute Gasteiger partial charge is 0.244 e. The van der Waals surface area contributed by atoms with Crippen LogP contribution >= 0.6 is 0 Å². The molecular weight excluding hydrogens is 214 g/mol. The average molecular weight is 235 g/mol. The lowest BCUT2D eigenvalue weighted by molar-refractivity contribution is -0.131. The third-order valence-corrected chi connectivity index (χ3v) is 2.72. The van der Waals surface area contributed by atoms with Crippen LogP contribution in [0.1, 0.15) is 20.8 Å². The zero-order chi connectivity index (χ0) is 12.8. The number of nitrogen functional groups attached to an aromatic ring is 1. The Morgan fingerprint density at radius 3 is 2.59 bits per heavy atom. The number of anilines is 2. The summed E-state index contributed by atoms with van der Waals surface area (Å²) in [7, 11) is 0. The van der Waals surface area contributed by atoms with Crippen LogP contribution in [0.5, 0.6) is 0 Å². The van der Waals surface area contributed by atoms with Crippen molar-refractivity contribution in [3.8, 4) is 0 Å². The van der Waals surface area contributed by atoms with E-state index in [-0.39, 0.29) is 11.9 Å². The van der Waals surface area contributed by atoms with Crippen LogP contribution in [-0.4, -0.2) is 29.9 Å². The second-order valence-corrected chi connectivity index (χ2v) is 4.00. The quantitative estimate of drug-likeness (QED) is 0.767. The van der Waals surface area contributed by atoms with Crippen molar-refractivity contribution in [3.05, 3.63) is 24.3 Å². The van der Waals surface area contributed by atoms with Crippen molar-refractivity contribution in [2.45, 2.75) is 26.8 Å². The predicted molar refractivity (Wildman–Crippen MR) is 71.9 cm³/mol. The maximum absolute atomic E-state index is 12.0. The monoisotopic (exact) mass is 235 g/mol. The molecule has 1 amide bonds. The minimum Gasteiger partial charge on any atom is -0.399 e. The van der Waals surface area contributed by atoms with E-state index in [1.54, 1.807) is 0 Å². The number of nitrogens with one attached hydrogen (secondary N) is 1. The Bertz CT molecular complexity index is 375. The van der Waals surface area contributed by atoms with Gasteiger partial charge in [0.1, 0.15) is 6.04 Å². The van der Waals surface area contributed by atoms with E-state index in [4.69, 9.17) is 5.73 Å². The molecule has 1 rings (SSSR count). The number of amides is 1. The molecule has 1 aromatic rings. The molecule has 0 aliphatic carbocycles. The van der Waals surface area contributed by atoms with Crippen molar-refractivity contribution >= 4 is 17.3 Å². The van der Waals surface area contributed by atoms with Gasteiger partial charge in [-0.15, -0.1) is 0 Å². The molecule has 0 heterocycles. The van der Waals surface area contributed by atoms with E-state index in [0.29, 0.717) is 5.69 Å². The Labute approximate surface area is 103 Å². The van der Waals surface area contributed by atoms with Crippen LogP contribution in [0.4, 0.5) is 11.4 Å². The fourth-order valence-corrected chi connectivity index (χ4v) is 1.75. The Kier molecular flexibility index (Phi) is 4.82. The molecule has 1 aromatic carbocycles. The first-order valence-corrected chi connectivity index (χ1v) is 5.99. The fraction of sp³-hybridized carbons (Fsp3) is 0.462. The summed E-state index contributed by atoms with van der Waals surface area (Å²) in [6.07, 6.45) is 0. The van der Waals surface area contributed by atoms with Crippen LogP contribution in [0.3, 0.4) is 0 Å². The highest BCUT2D eigenvalue weighted by atomic mass is 16.2. The van der Waals surface area contributed by atoms with E-state index in [1.165, 1.54) is 0 Å². The van der Waals surface area contributed by atoms with Gasteiger partial charge < -0.3 is 16.0 Å². The Hall–Kier alpha value is -1.71. The number of nitrogens with two attached hydrogens (primary N) is 1. The van der Waals surface area contributed by atoms with Crippen LogP contribution in [0.2, 0.25) is 0 Å². The van der Waals surface area contributed by atoms with Gasteiger partial charge in [0.15, 0.2) is 0 Å². The van der Waals surface area contributed by atoms with Crippen molar-refractivity contribution < 1.29 is 4.79 Å². The summed E-state index contributed by atoms with van der Waals surface area (Å²) in [5, 5.41) is 3.16. The van der Waals surface area contributed by atoms with Gasteiger partial charge in [-0.25, -0.2) is 0 Å². The first kappa shape index (κ1) is 13.4. The SMILES string of the molecule is CCN(CC)C(=O)C(C)Nc1cccc(N)c1. The molecule has 94 valence electrons. The van der Waals surface area contributed by atoms with Gasteiger partial charge in [-0.3, -0.25) is 4.79 Å². The van der Waals surface area contributed by atoms with Gasteiger partial charge in [0.05, 0.1) is 0 Å². The van der Waals surface area contributed by atoms with Crippen LogP contribution in [-0.2, 0) is 4.79 Å². The van der Waals surface area contributed by atoms with E-state index in [0.717, 1.165) is 18.8 Å². The number of hydrogen-bond acceptors (Lipinski definition) is 3. The van der Waals surface area contributed by atoms with Gasteiger partial charge in [0.25, 0.3) is 0 Å². The lowest BCUT2D eigenvalue weighted by Crippen LogP contribution is -2.41. The highest BCUT2D eigenvalue weighted by Gasteiger charge is 2.17. The fourth-order valence-electron chi connectivity index (χ4n) is 1.75. The molecule has 17 heavy (non-hydrogen) atoms. The molecule has 0 saturated heterocycles. The summed E-state index contributed by atoms with van der Waals surface area (Å²) in [6.45, 7) is 7.30. The molecular formula is C13H21N3O. The molecule has 0 radical (unpaired) electrons. The third-order valence-electron chi connectivity index (χ3n) is 2.72. The molecule has 4 heteroatoms. The third kappa shape index (κ3) is 3.66. The predicted octanol–water partition coefficient (Wildman–Crippen LogP) is 1.94. The second-order valence-electron chi connectivity index (χ2n) is 4.00. The number of hydrogen-bond donors (Lipinski definition) is 2. The molecule has 3 N–H and O–H groups in total. The first-order valence-electron chi connectivity index (χ1n) is 5.99. The van der Waals surface area contributed by atoms with Gasteiger partial charge in [-0.1, -0.05) is 6.07 Å². The Morgan fingerprint density at radius 2 is 2.06 bits per heavy atom. The molecule has 1 atom stereocenters. The average Bonchev–Trinajstić information content (AvgIpc) is 2.30. The van der Waals surface area contributed by atoms with E-state index >= 15 is 0 Å². The van der Waals surface area contributed by atoms with Gasteiger partial charge in [0.2, 0.25) is 5.91 Å². The molecule has 0 aliphatic heterocycles. The molecule has 0 saturated carbocycles. The van der Waals surface area contributed by atoms with Crippen molar-refractivity contribution in [1.29, 1.82) is 0 Å². The summed E-state index contributed by atoms with van der Waals surface area (Å²) in [5.41, 5.74) is 7.25. The van der Waals surface area contributed by atoms with Crippen molar-refractivity contribution in [2.24, 2.45) is 0 Å². The normalized spacial score (nSPS) is 11.9. The highest BCUT2D eigenvalue weighted by Crippen LogP contribution is 2.13. The molecule has 1 unspecified atom stereocenters. The maximum Gasteiger partial charge on any atom is 0.244 e. The zero-order valence-electron chi connectivity index (χ0n) is 10.7. The summed E-state index contributed by atoms with van der Waals surface area (Å²) in [5.74, 6) is 0.109. The summed E-state index contributed by atoms with van der Waals surface area (Å²) < 4.78 is 0. The molecule has 0 aromatic heterocycles. The lowest BCUT2D eigenvalue weighted by Gasteiger charge is -2.24. The largest absolute Gasteiger partial charge is 0.399 e. The number of carbonyl (C=O) groups is 1. The zero-order valence-corrected chi connectivity index (χ0v) is 10.7. The van der Waals surface area contributed by atoms with Crippen LogP contribution in [0.15, 0.2) is 24.3 Å². The highest BCUT2D eigenvalue weighted by molar-refractivity contribution is 5.84. The summed E-state index contributed by atoms with van der Waals surface area (Å²) in [4.78, 5) is 13.8. The van der Waals surface area contributed by atoms with Gasteiger partial charge in [0, 0.05) is 24.5 Å². The van der Waals surface area contributed by atoms with Crippen molar-refractivity contribution in [3.63, 3.8) is 0 Å². The topological polar surface area (TPSA) is 58.4 Å². The second kappa shape index (κ2) is 6.13. The molecule has 0 bridgehead atoms. The number of benzene rings is 1. The minimum absolute atomic E-state index is 0.109. The van der Waals surface area contributed by atoms with Crippen LogP contribution in [0.25, 0.3) is 0 Å². The maximum atomic E-state index is 12.0. The first-order chi connectivity index (χ1) is 8.08. The minimum atomic E-state index is -0.239. The number of carbonyl (C=O) groups excluding carboxylic acids is 1. The van der Waals surface area contributed by atoms with E-state index in [9.17, 15) is 4.79 Å². The van der Waals surface area contributed by atoms with Crippen molar-refractivity contribution in [2.75, 3.05) is 24.1 Å². The number of likely N-dealkylation sites (N-methyl/N-ethyl adjacent to an activating group) is 1. The van der Waals surface area contributed by atoms with E-state index in [1.807, 2.05) is 49.9 Å². The molecule has 0 spiro atoms. The number of nitrogens with zero attached hydrogens (tertiary/aromatic N) is 1. The van der Waals surface area contributed by atoms with E-state index in [2.05, 4.69) is 5.32 Å². The summed E-state index contributed by atoms with van der Waals surface area (Å²) in [6, 6.07) is 7.18. The standard InChI is InChI=1S/C13H21N3O/c1-4-16(5-2)13(17)10(3)15-12-8-6-7-11(14)9-12/h6-10,15H,4-5,14H2,1-3H3. The van der Waals surface area contributed by atoms with Crippen molar-refractivity contribution in [1.82, 2.24) is 4.90 Å². The Morgan fingerprint density at radius 1 is 1.41 bits per heavy atom. The molecule has 4 nitrogen and oxygen atoms in total. The summed E-state index contributed by atoms with van der Waals surface area (Å²) >= 11 is 0. The van der Waals surface area contributed by atoms with Gasteiger partial charge in [-0.05, 0) is 39.0 Å².